The van der Waals surface area contributed by atoms with Gasteiger partial charge in [-0.2, -0.15) is 0 Å². The Kier molecular flexibility index (Phi) is 4.49. The maximum atomic E-state index is 12.4. The lowest BCUT2D eigenvalue weighted by Crippen LogP contribution is -2.20. The van der Waals surface area contributed by atoms with Gasteiger partial charge in [-0.1, -0.05) is 35.9 Å². The molecule has 0 atom stereocenters. The number of benzene rings is 2. The van der Waals surface area contributed by atoms with Crippen LogP contribution in [0.2, 0.25) is 5.02 Å². The number of halogens is 1. The van der Waals surface area contributed by atoms with Crippen molar-refractivity contribution >= 4 is 34.2 Å². The lowest BCUT2D eigenvalue weighted by atomic mass is 10.1. The summed E-state index contributed by atoms with van der Waals surface area (Å²) in [6.07, 6.45) is 2.31. The first kappa shape index (κ1) is 16.0. The van der Waals surface area contributed by atoms with E-state index in [-0.39, 0.29) is 5.56 Å². The molecule has 0 saturated heterocycles. The number of fused-ring (bicyclic) bond motifs is 1. The Balaban J connectivity index is 1.98. The molecule has 0 saturated carbocycles. The minimum atomic E-state index is -0.675. The van der Waals surface area contributed by atoms with Gasteiger partial charge in [0.25, 0.3) is 5.91 Å². The van der Waals surface area contributed by atoms with Crippen LogP contribution in [0.3, 0.4) is 0 Å². The molecule has 0 aliphatic carbocycles. The third-order valence-corrected chi connectivity index (χ3v) is 3.80. The Morgan fingerprint density at radius 3 is 2.67 bits per heavy atom. The van der Waals surface area contributed by atoms with Crippen LogP contribution < -0.4 is 10.9 Å². The van der Waals surface area contributed by atoms with Gasteiger partial charge in [-0.05, 0) is 42.3 Å². The van der Waals surface area contributed by atoms with E-state index < -0.39 is 11.5 Å². The molecule has 1 amide bonds. The van der Waals surface area contributed by atoms with E-state index in [4.69, 9.17) is 16.0 Å². The summed E-state index contributed by atoms with van der Waals surface area (Å²) in [5, 5.41) is 3.91. The fraction of sp³-hybridized carbons (Fsp3) is 0.0526. The van der Waals surface area contributed by atoms with Crippen LogP contribution in [0, 0.1) is 0 Å². The molecule has 0 fully saturated rings. The molecule has 1 N–H and O–H groups in total. The first-order valence-electron chi connectivity index (χ1n) is 7.32. The van der Waals surface area contributed by atoms with Crippen molar-refractivity contribution in [2.45, 2.75) is 6.42 Å². The molecule has 1 aromatic heterocycles. The van der Waals surface area contributed by atoms with E-state index in [0.29, 0.717) is 28.1 Å². The van der Waals surface area contributed by atoms with Crippen molar-refractivity contribution in [3.63, 3.8) is 0 Å². The second kappa shape index (κ2) is 6.72. The minimum Gasteiger partial charge on any atom is -0.422 e. The van der Waals surface area contributed by atoms with Crippen molar-refractivity contribution in [2.24, 2.45) is 0 Å². The number of nitrogens with one attached hydrogen (secondary N) is 1. The predicted octanol–water partition coefficient (Wildman–Crippen LogP) is 4.43. The average molecular weight is 340 g/mol. The Morgan fingerprint density at radius 2 is 1.96 bits per heavy atom. The number of hydrogen-bond donors (Lipinski definition) is 1. The molecule has 3 rings (SSSR count). The fourth-order valence-corrected chi connectivity index (χ4v) is 2.54. The van der Waals surface area contributed by atoms with Gasteiger partial charge in [0.05, 0.1) is 0 Å². The van der Waals surface area contributed by atoms with Crippen molar-refractivity contribution in [1.29, 1.82) is 0 Å². The number of hydrogen-bond acceptors (Lipinski definition) is 3. The predicted molar refractivity (Wildman–Crippen MR) is 95.8 cm³/mol. The van der Waals surface area contributed by atoms with Crippen molar-refractivity contribution in [2.75, 3.05) is 5.32 Å². The molecule has 0 unspecified atom stereocenters. The third kappa shape index (κ3) is 3.24. The van der Waals surface area contributed by atoms with Gasteiger partial charge in [0.2, 0.25) is 0 Å². The average Bonchev–Trinajstić information content (AvgIpc) is 2.57. The van der Waals surface area contributed by atoms with Gasteiger partial charge < -0.3 is 9.73 Å². The smallest absolute Gasteiger partial charge is 0.349 e. The maximum absolute atomic E-state index is 12.4. The van der Waals surface area contributed by atoms with Crippen LogP contribution in [0.1, 0.15) is 15.9 Å². The summed E-state index contributed by atoms with van der Waals surface area (Å²) in [6, 6.07) is 13.7. The molecule has 1 heterocycles. The number of rotatable bonds is 4. The van der Waals surface area contributed by atoms with Gasteiger partial charge in [0.15, 0.2) is 0 Å². The molecule has 2 aromatic carbocycles. The fourth-order valence-electron chi connectivity index (χ4n) is 2.41. The van der Waals surface area contributed by atoms with E-state index in [1.807, 2.05) is 12.1 Å². The van der Waals surface area contributed by atoms with Crippen LogP contribution in [-0.2, 0) is 6.42 Å². The molecular formula is C19H14ClNO3. The highest BCUT2D eigenvalue weighted by atomic mass is 35.5. The molecule has 0 aliphatic heterocycles. The van der Waals surface area contributed by atoms with Crippen molar-refractivity contribution in [1.82, 2.24) is 0 Å². The zero-order valence-electron chi connectivity index (χ0n) is 12.7. The van der Waals surface area contributed by atoms with Gasteiger partial charge in [-0.25, -0.2) is 4.79 Å². The normalized spacial score (nSPS) is 10.5. The molecule has 0 spiro atoms. The third-order valence-electron chi connectivity index (χ3n) is 3.55. The van der Waals surface area contributed by atoms with E-state index in [9.17, 15) is 9.59 Å². The van der Waals surface area contributed by atoms with E-state index >= 15 is 0 Å². The number of carbonyl (C=O) groups is 1. The molecular weight excluding hydrogens is 326 g/mol. The van der Waals surface area contributed by atoms with Crippen LogP contribution in [0.25, 0.3) is 11.0 Å². The van der Waals surface area contributed by atoms with E-state index in [1.165, 1.54) is 0 Å². The van der Waals surface area contributed by atoms with Gasteiger partial charge in [-0.15, -0.1) is 6.58 Å². The Hall–Kier alpha value is -2.85. The minimum absolute atomic E-state index is 0.0480. The molecule has 24 heavy (non-hydrogen) atoms. The first-order valence-corrected chi connectivity index (χ1v) is 7.70. The largest absolute Gasteiger partial charge is 0.422 e. The summed E-state index contributed by atoms with van der Waals surface area (Å²) in [6.45, 7) is 3.69. The molecule has 120 valence electrons. The molecule has 0 aliphatic rings. The maximum Gasteiger partial charge on any atom is 0.349 e. The highest BCUT2D eigenvalue weighted by Gasteiger charge is 2.15. The van der Waals surface area contributed by atoms with E-state index in [2.05, 4.69) is 11.9 Å². The molecule has 0 radical (unpaired) electrons. The van der Waals surface area contributed by atoms with Crippen LogP contribution in [0.4, 0.5) is 5.69 Å². The topological polar surface area (TPSA) is 59.3 Å². The van der Waals surface area contributed by atoms with E-state index in [1.54, 1.807) is 42.5 Å². The van der Waals surface area contributed by atoms with E-state index in [0.717, 1.165) is 5.56 Å². The summed E-state index contributed by atoms with van der Waals surface area (Å²) in [7, 11) is 0. The van der Waals surface area contributed by atoms with Crippen LogP contribution in [0.5, 0.6) is 0 Å². The first-order chi connectivity index (χ1) is 11.6. The second-order valence-electron chi connectivity index (χ2n) is 5.24. The number of allylic oxidation sites excluding steroid dienone is 1. The van der Waals surface area contributed by atoms with Crippen LogP contribution >= 0.6 is 11.6 Å². The number of para-hydroxylation sites is 1. The van der Waals surface area contributed by atoms with Crippen molar-refractivity contribution < 1.29 is 9.21 Å². The summed E-state index contributed by atoms with van der Waals surface area (Å²) in [5.41, 5.74) is 1.15. The van der Waals surface area contributed by atoms with Gasteiger partial charge in [0.1, 0.15) is 11.1 Å². The lowest BCUT2D eigenvalue weighted by molar-refractivity contribution is 0.102. The summed E-state index contributed by atoms with van der Waals surface area (Å²) >= 11 is 5.81. The Labute approximate surface area is 143 Å². The van der Waals surface area contributed by atoms with Crippen LogP contribution in [-0.4, -0.2) is 5.91 Å². The van der Waals surface area contributed by atoms with Crippen molar-refractivity contribution in [3.8, 4) is 0 Å². The number of amides is 1. The second-order valence-corrected chi connectivity index (χ2v) is 5.67. The highest BCUT2D eigenvalue weighted by molar-refractivity contribution is 6.30. The number of carbonyl (C=O) groups excluding carboxylic acids is 1. The SMILES string of the molecule is C=CCc1cccc2cc(C(=O)Nc3ccc(Cl)cc3)c(=O)oc12. The van der Waals surface area contributed by atoms with Crippen LogP contribution in [0.15, 0.2) is 70.4 Å². The highest BCUT2D eigenvalue weighted by Crippen LogP contribution is 2.20. The molecule has 5 heteroatoms. The molecule has 3 aromatic rings. The number of anilines is 1. The summed E-state index contributed by atoms with van der Waals surface area (Å²) in [4.78, 5) is 24.6. The molecule has 4 nitrogen and oxygen atoms in total. The van der Waals surface area contributed by atoms with Gasteiger partial charge in [0, 0.05) is 16.1 Å². The molecule has 0 bridgehead atoms. The van der Waals surface area contributed by atoms with Gasteiger partial charge >= 0.3 is 5.63 Å². The van der Waals surface area contributed by atoms with Crippen molar-refractivity contribution in [3.05, 3.63) is 87.8 Å². The lowest BCUT2D eigenvalue weighted by Gasteiger charge is -2.07. The van der Waals surface area contributed by atoms with Gasteiger partial charge in [-0.3, -0.25) is 4.79 Å². The monoisotopic (exact) mass is 339 g/mol. The standard InChI is InChI=1S/C19H14ClNO3/c1-2-4-12-5-3-6-13-11-16(19(23)24-17(12)13)18(22)21-15-9-7-14(20)8-10-15/h2-3,5-11H,1,4H2,(H,21,22). The zero-order valence-corrected chi connectivity index (χ0v) is 13.5. The summed E-state index contributed by atoms with van der Waals surface area (Å²) < 4.78 is 5.37. The quantitative estimate of drug-likeness (QED) is 0.565. The summed E-state index contributed by atoms with van der Waals surface area (Å²) in [5.74, 6) is -0.526. The zero-order chi connectivity index (χ0) is 17.1. The Morgan fingerprint density at radius 1 is 1.21 bits per heavy atom. The Bertz CT molecular complexity index is 974.